The smallest absolute Gasteiger partial charge is 0.303 e. The number of rotatable bonds is 6. The first-order valence-corrected chi connectivity index (χ1v) is 6.52. The lowest BCUT2D eigenvalue weighted by Gasteiger charge is -2.27. The van der Waals surface area contributed by atoms with E-state index in [0.717, 1.165) is 5.56 Å². The monoisotopic (exact) mass is 263 g/mol. The van der Waals surface area contributed by atoms with Gasteiger partial charge in [0.2, 0.25) is 0 Å². The molecule has 0 fully saturated rings. The van der Waals surface area contributed by atoms with Crippen LogP contribution in [-0.2, 0) is 4.79 Å². The van der Waals surface area contributed by atoms with Gasteiger partial charge in [-0.05, 0) is 38.8 Å². The average Bonchev–Trinajstić information content (AvgIpc) is 2.33. The zero-order valence-corrected chi connectivity index (χ0v) is 11.7. The van der Waals surface area contributed by atoms with Gasteiger partial charge in [0, 0.05) is 24.6 Å². The van der Waals surface area contributed by atoms with Crippen molar-refractivity contribution in [1.82, 2.24) is 4.90 Å². The number of carbonyl (C=O) groups excluding carboxylic acids is 1. The largest absolute Gasteiger partial charge is 0.481 e. The van der Waals surface area contributed by atoms with Gasteiger partial charge in [0.05, 0.1) is 0 Å². The first kappa shape index (κ1) is 15.2. The van der Waals surface area contributed by atoms with Crippen LogP contribution < -0.4 is 0 Å². The van der Waals surface area contributed by atoms with Crippen molar-refractivity contribution in [2.24, 2.45) is 0 Å². The highest BCUT2D eigenvalue weighted by Crippen LogP contribution is 2.13. The van der Waals surface area contributed by atoms with Gasteiger partial charge in [-0.25, -0.2) is 0 Å². The number of carboxylic acid groups (broad SMARTS) is 1. The molecule has 0 aliphatic carbocycles. The first-order valence-electron chi connectivity index (χ1n) is 6.52. The van der Waals surface area contributed by atoms with Gasteiger partial charge in [0.25, 0.3) is 5.91 Å². The Kier molecular flexibility index (Phi) is 5.55. The molecule has 0 aromatic heterocycles. The van der Waals surface area contributed by atoms with Crippen molar-refractivity contribution in [3.63, 3.8) is 0 Å². The summed E-state index contributed by atoms with van der Waals surface area (Å²) in [6.07, 6.45) is 0.565. The van der Waals surface area contributed by atoms with Crippen LogP contribution in [0, 0.1) is 6.92 Å². The maximum absolute atomic E-state index is 12.5. The maximum atomic E-state index is 12.5. The summed E-state index contributed by atoms with van der Waals surface area (Å²) in [7, 11) is 0. The molecular weight excluding hydrogens is 242 g/mol. The van der Waals surface area contributed by atoms with Gasteiger partial charge in [0.15, 0.2) is 0 Å². The van der Waals surface area contributed by atoms with E-state index in [2.05, 4.69) is 0 Å². The molecule has 0 spiro atoms. The highest BCUT2D eigenvalue weighted by Gasteiger charge is 2.19. The van der Waals surface area contributed by atoms with Gasteiger partial charge in [-0.2, -0.15) is 0 Å². The van der Waals surface area contributed by atoms with Gasteiger partial charge < -0.3 is 10.0 Å². The molecule has 0 bridgehead atoms. The van der Waals surface area contributed by atoms with E-state index < -0.39 is 5.97 Å². The number of carbonyl (C=O) groups is 2. The lowest BCUT2D eigenvalue weighted by atomic mass is 10.1. The third-order valence-electron chi connectivity index (χ3n) is 3.05. The number of benzene rings is 1. The van der Waals surface area contributed by atoms with E-state index in [-0.39, 0.29) is 18.4 Å². The summed E-state index contributed by atoms with van der Waals surface area (Å²) in [5, 5.41) is 8.66. The molecule has 0 atom stereocenters. The fourth-order valence-corrected chi connectivity index (χ4v) is 1.96. The molecule has 4 nitrogen and oxygen atoms in total. The summed E-state index contributed by atoms with van der Waals surface area (Å²) in [5.41, 5.74) is 1.63. The SMILES string of the molecule is Cc1ccccc1C(=O)N(CCCC(=O)O)C(C)C. The van der Waals surface area contributed by atoms with Crippen molar-refractivity contribution in [1.29, 1.82) is 0 Å². The van der Waals surface area contributed by atoms with Gasteiger partial charge in [-0.3, -0.25) is 9.59 Å². The van der Waals surface area contributed by atoms with Crippen LogP contribution in [0.15, 0.2) is 24.3 Å². The van der Waals surface area contributed by atoms with E-state index in [4.69, 9.17) is 5.11 Å². The standard InChI is InChI=1S/C15H21NO3/c1-11(2)16(10-6-9-14(17)18)15(19)13-8-5-4-7-12(13)3/h4-5,7-8,11H,6,9-10H2,1-3H3,(H,17,18). The molecule has 1 aromatic carbocycles. The Labute approximate surface area is 114 Å². The lowest BCUT2D eigenvalue weighted by Crippen LogP contribution is -2.38. The van der Waals surface area contributed by atoms with Crippen LogP contribution in [-0.4, -0.2) is 34.5 Å². The molecule has 0 saturated heterocycles. The van der Waals surface area contributed by atoms with Crippen LogP contribution in [0.5, 0.6) is 0 Å². The predicted molar refractivity (Wildman–Crippen MR) is 74.2 cm³/mol. The Morgan fingerprint density at radius 3 is 2.42 bits per heavy atom. The van der Waals surface area contributed by atoms with Gasteiger partial charge in [-0.15, -0.1) is 0 Å². The predicted octanol–water partition coefficient (Wildman–Crippen LogP) is 2.71. The number of carboxylic acids is 1. The molecule has 0 saturated carbocycles. The molecule has 0 aliphatic heterocycles. The quantitative estimate of drug-likeness (QED) is 0.858. The Bertz CT molecular complexity index is 454. The van der Waals surface area contributed by atoms with E-state index in [1.54, 1.807) is 4.90 Å². The number of hydrogen-bond donors (Lipinski definition) is 1. The van der Waals surface area contributed by atoms with Crippen LogP contribution in [0.2, 0.25) is 0 Å². The molecule has 0 unspecified atom stereocenters. The second kappa shape index (κ2) is 6.92. The van der Waals surface area contributed by atoms with E-state index in [1.807, 2.05) is 45.0 Å². The highest BCUT2D eigenvalue weighted by molar-refractivity contribution is 5.95. The van der Waals surface area contributed by atoms with Crippen molar-refractivity contribution < 1.29 is 14.7 Å². The fraction of sp³-hybridized carbons (Fsp3) is 0.467. The lowest BCUT2D eigenvalue weighted by molar-refractivity contribution is -0.137. The van der Waals surface area contributed by atoms with E-state index in [1.165, 1.54) is 0 Å². The topological polar surface area (TPSA) is 57.6 Å². The third kappa shape index (κ3) is 4.39. The second-order valence-electron chi connectivity index (χ2n) is 4.90. The van der Waals surface area contributed by atoms with Crippen LogP contribution in [0.3, 0.4) is 0 Å². The van der Waals surface area contributed by atoms with Crippen LogP contribution in [0.4, 0.5) is 0 Å². The molecule has 0 heterocycles. The van der Waals surface area contributed by atoms with Crippen LogP contribution >= 0.6 is 0 Å². The second-order valence-corrected chi connectivity index (χ2v) is 4.90. The maximum Gasteiger partial charge on any atom is 0.303 e. The summed E-state index contributed by atoms with van der Waals surface area (Å²) in [6.45, 7) is 6.26. The Morgan fingerprint density at radius 2 is 1.89 bits per heavy atom. The molecule has 104 valence electrons. The molecule has 0 aliphatic rings. The minimum absolute atomic E-state index is 0.0292. The number of nitrogens with zero attached hydrogens (tertiary/aromatic N) is 1. The van der Waals surface area contributed by atoms with E-state index >= 15 is 0 Å². The van der Waals surface area contributed by atoms with Crippen LogP contribution in [0.1, 0.15) is 42.6 Å². The Morgan fingerprint density at radius 1 is 1.26 bits per heavy atom. The fourth-order valence-electron chi connectivity index (χ4n) is 1.96. The third-order valence-corrected chi connectivity index (χ3v) is 3.05. The molecule has 1 amide bonds. The van der Waals surface area contributed by atoms with Crippen molar-refractivity contribution >= 4 is 11.9 Å². The average molecular weight is 263 g/mol. The van der Waals surface area contributed by atoms with Crippen molar-refractivity contribution in [2.75, 3.05) is 6.54 Å². The Hall–Kier alpha value is -1.84. The number of aliphatic carboxylic acids is 1. The van der Waals surface area contributed by atoms with E-state index in [0.29, 0.717) is 18.5 Å². The normalized spacial score (nSPS) is 10.5. The Balaban J connectivity index is 2.79. The summed E-state index contributed by atoms with van der Waals surface area (Å²) in [4.78, 5) is 24.7. The van der Waals surface area contributed by atoms with Crippen molar-refractivity contribution in [3.8, 4) is 0 Å². The number of hydrogen-bond acceptors (Lipinski definition) is 2. The van der Waals surface area contributed by atoms with Crippen LogP contribution in [0.25, 0.3) is 0 Å². The molecule has 19 heavy (non-hydrogen) atoms. The highest BCUT2D eigenvalue weighted by atomic mass is 16.4. The molecule has 1 aromatic rings. The van der Waals surface area contributed by atoms with Gasteiger partial charge >= 0.3 is 5.97 Å². The van der Waals surface area contributed by atoms with E-state index in [9.17, 15) is 9.59 Å². The number of amides is 1. The molecule has 1 rings (SSSR count). The van der Waals surface area contributed by atoms with Gasteiger partial charge in [-0.1, -0.05) is 18.2 Å². The minimum Gasteiger partial charge on any atom is -0.481 e. The zero-order chi connectivity index (χ0) is 14.4. The summed E-state index contributed by atoms with van der Waals surface area (Å²) in [5.74, 6) is -0.856. The molecule has 0 radical (unpaired) electrons. The van der Waals surface area contributed by atoms with Crippen molar-refractivity contribution in [2.45, 2.75) is 39.7 Å². The summed E-state index contributed by atoms with van der Waals surface area (Å²) < 4.78 is 0. The summed E-state index contributed by atoms with van der Waals surface area (Å²) >= 11 is 0. The van der Waals surface area contributed by atoms with Crippen molar-refractivity contribution in [3.05, 3.63) is 35.4 Å². The zero-order valence-electron chi connectivity index (χ0n) is 11.7. The molecular formula is C15H21NO3. The number of aryl methyl sites for hydroxylation is 1. The molecule has 1 N–H and O–H groups in total. The van der Waals surface area contributed by atoms with Gasteiger partial charge in [0.1, 0.15) is 0 Å². The first-order chi connectivity index (χ1) is 8.93. The molecule has 4 heteroatoms. The summed E-state index contributed by atoms with van der Waals surface area (Å²) in [6, 6.07) is 7.51. The minimum atomic E-state index is -0.827.